The van der Waals surface area contributed by atoms with Crippen molar-refractivity contribution in [3.05, 3.63) is 0 Å². The molecule has 0 aromatic heterocycles. The largest absolute Gasteiger partial charge is 0.312 e. The Kier molecular flexibility index (Phi) is 6.66. The van der Waals surface area contributed by atoms with Crippen molar-refractivity contribution in [2.75, 3.05) is 32.6 Å². The quantitative estimate of drug-likeness (QED) is 0.714. The number of nitrogens with one attached hydrogen (secondary N) is 1. The summed E-state index contributed by atoms with van der Waals surface area (Å²) in [6.45, 7) is 7.32. The Morgan fingerprint density at radius 1 is 1.29 bits per heavy atom. The molecule has 17 heavy (non-hydrogen) atoms. The van der Waals surface area contributed by atoms with Gasteiger partial charge < -0.3 is 10.2 Å². The number of likely N-dealkylation sites (N-methyl/N-ethyl adjacent to an activating group) is 1. The summed E-state index contributed by atoms with van der Waals surface area (Å²) in [7, 11) is 1.17. The van der Waals surface area contributed by atoms with E-state index in [1.807, 2.05) is 14.1 Å². The van der Waals surface area contributed by atoms with E-state index in [9.17, 15) is 8.42 Å². The van der Waals surface area contributed by atoms with Gasteiger partial charge in [0.05, 0.1) is 5.75 Å². The third-order valence-corrected chi connectivity index (χ3v) is 4.40. The SMILES string of the molecule is CCCNC(CCS(C)(=O)=O)C(C)(C)N(C)C. The van der Waals surface area contributed by atoms with E-state index in [0.29, 0.717) is 6.42 Å². The highest BCUT2D eigenvalue weighted by Gasteiger charge is 2.31. The Balaban J connectivity index is 4.64. The molecule has 0 aromatic rings. The van der Waals surface area contributed by atoms with Crippen molar-refractivity contribution >= 4 is 9.84 Å². The average Bonchev–Trinajstić information content (AvgIpc) is 2.15. The van der Waals surface area contributed by atoms with Crippen LogP contribution in [0.3, 0.4) is 0 Å². The molecule has 104 valence electrons. The summed E-state index contributed by atoms with van der Waals surface area (Å²) in [6, 6.07) is 0.187. The van der Waals surface area contributed by atoms with E-state index in [0.717, 1.165) is 13.0 Å². The number of rotatable bonds is 8. The molecule has 0 saturated heterocycles. The lowest BCUT2D eigenvalue weighted by atomic mass is 9.91. The van der Waals surface area contributed by atoms with Crippen LogP contribution in [0.4, 0.5) is 0 Å². The van der Waals surface area contributed by atoms with E-state index in [1.54, 1.807) is 0 Å². The Labute approximate surface area is 107 Å². The maximum atomic E-state index is 11.3. The fraction of sp³-hybridized carbons (Fsp3) is 1.00. The van der Waals surface area contributed by atoms with Crippen LogP contribution in [0.5, 0.6) is 0 Å². The van der Waals surface area contributed by atoms with Crippen LogP contribution in [0.1, 0.15) is 33.6 Å². The van der Waals surface area contributed by atoms with Gasteiger partial charge in [-0.1, -0.05) is 6.92 Å². The molecule has 0 aliphatic rings. The van der Waals surface area contributed by atoms with Crippen molar-refractivity contribution < 1.29 is 8.42 Å². The van der Waals surface area contributed by atoms with E-state index >= 15 is 0 Å². The predicted molar refractivity (Wildman–Crippen MR) is 74.2 cm³/mol. The van der Waals surface area contributed by atoms with Crippen molar-refractivity contribution in [3.8, 4) is 0 Å². The zero-order chi connectivity index (χ0) is 13.7. The summed E-state index contributed by atoms with van der Waals surface area (Å²) >= 11 is 0. The van der Waals surface area contributed by atoms with E-state index in [4.69, 9.17) is 0 Å². The Bertz CT molecular complexity index is 310. The monoisotopic (exact) mass is 264 g/mol. The average molecular weight is 264 g/mol. The van der Waals surface area contributed by atoms with Crippen molar-refractivity contribution in [2.45, 2.75) is 45.2 Å². The predicted octanol–water partition coefficient (Wildman–Crippen LogP) is 1.13. The highest BCUT2D eigenvalue weighted by atomic mass is 32.2. The summed E-state index contributed by atoms with van der Waals surface area (Å²) in [6.07, 6.45) is 3.01. The first-order chi connectivity index (χ1) is 7.61. The van der Waals surface area contributed by atoms with Crippen molar-refractivity contribution in [1.29, 1.82) is 0 Å². The molecular weight excluding hydrogens is 236 g/mol. The second kappa shape index (κ2) is 6.71. The summed E-state index contributed by atoms with van der Waals surface area (Å²) in [5.41, 5.74) is -0.0557. The van der Waals surface area contributed by atoms with Crippen LogP contribution < -0.4 is 5.32 Å². The fourth-order valence-corrected chi connectivity index (χ4v) is 2.33. The van der Waals surface area contributed by atoms with Gasteiger partial charge in [-0.15, -0.1) is 0 Å². The molecule has 0 amide bonds. The van der Waals surface area contributed by atoms with Crippen LogP contribution in [0.25, 0.3) is 0 Å². The Morgan fingerprint density at radius 3 is 2.18 bits per heavy atom. The van der Waals surface area contributed by atoms with Crippen molar-refractivity contribution in [1.82, 2.24) is 10.2 Å². The van der Waals surface area contributed by atoms with Gasteiger partial charge >= 0.3 is 0 Å². The van der Waals surface area contributed by atoms with Gasteiger partial charge in [0.15, 0.2) is 0 Å². The van der Waals surface area contributed by atoms with Crippen molar-refractivity contribution in [3.63, 3.8) is 0 Å². The van der Waals surface area contributed by atoms with Crippen LogP contribution in [0.2, 0.25) is 0 Å². The molecule has 0 fully saturated rings. The van der Waals surface area contributed by atoms with Crippen LogP contribution >= 0.6 is 0 Å². The van der Waals surface area contributed by atoms with Gasteiger partial charge in [-0.2, -0.15) is 0 Å². The standard InChI is InChI=1S/C12H28N2O2S/c1-7-9-13-11(8-10-17(6,15)16)12(2,3)14(4)5/h11,13H,7-10H2,1-6H3. The lowest BCUT2D eigenvalue weighted by Crippen LogP contribution is -2.55. The number of sulfone groups is 1. The molecule has 0 heterocycles. The van der Waals surface area contributed by atoms with Gasteiger partial charge in [0.25, 0.3) is 0 Å². The maximum absolute atomic E-state index is 11.3. The minimum absolute atomic E-state index is 0.0557. The van der Waals surface area contributed by atoms with Crippen LogP contribution in [0, 0.1) is 0 Å². The van der Waals surface area contributed by atoms with Crippen LogP contribution in [0.15, 0.2) is 0 Å². The highest BCUT2D eigenvalue weighted by Crippen LogP contribution is 2.19. The molecule has 5 heteroatoms. The molecule has 4 nitrogen and oxygen atoms in total. The molecule has 1 unspecified atom stereocenters. The first kappa shape index (κ1) is 16.9. The van der Waals surface area contributed by atoms with E-state index < -0.39 is 9.84 Å². The van der Waals surface area contributed by atoms with Crippen molar-refractivity contribution in [2.24, 2.45) is 0 Å². The Hall–Kier alpha value is -0.130. The first-order valence-corrected chi connectivity index (χ1v) is 8.26. The molecule has 0 aromatic carbocycles. The van der Waals surface area contributed by atoms with Gasteiger partial charge in [0.1, 0.15) is 9.84 Å². The molecule has 0 aliphatic carbocycles. The van der Waals surface area contributed by atoms with Gasteiger partial charge in [-0.05, 0) is 47.3 Å². The maximum Gasteiger partial charge on any atom is 0.147 e. The van der Waals surface area contributed by atoms with E-state index in [-0.39, 0.29) is 17.3 Å². The van der Waals surface area contributed by atoms with E-state index in [2.05, 4.69) is 31.0 Å². The third-order valence-electron chi connectivity index (χ3n) is 3.42. The third kappa shape index (κ3) is 6.38. The number of hydrogen-bond acceptors (Lipinski definition) is 4. The lowest BCUT2D eigenvalue weighted by molar-refractivity contribution is 0.135. The molecule has 0 bridgehead atoms. The molecule has 0 aliphatic heterocycles. The fourth-order valence-electron chi connectivity index (χ4n) is 1.67. The Morgan fingerprint density at radius 2 is 1.82 bits per heavy atom. The van der Waals surface area contributed by atoms with Gasteiger partial charge in [0, 0.05) is 17.8 Å². The summed E-state index contributed by atoms with van der Waals surface area (Å²) in [5.74, 6) is 0.242. The van der Waals surface area contributed by atoms with E-state index in [1.165, 1.54) is 6.26 Å². The lowest BCUT2D eigenvalue weighted by Gasteiger charge is -2.40. The van der Waals surface area contributed by atoms with Gasteiger partial charge in [-0.3, -0.25) is 0 Å². The normalized spacial score (nSPS) is 15.2. The minimum atomic E-state index is -2.89. The van der Waals surface area contributed by atoms with Gasteiger partial charge in [-0.25, -0.2) is 8.42 Å². The summed E-state index contributed by atoms with van der Waals surface area (Å²) in [4.78, 5) is 2.14. The molecule has 1 atom stereocenters. The minimum Gasteiger partial charge on any atom is -0.312 e. The first-order valence-electron chi connectivity index (χ1n) is 6.19. The van der Waals surface area contributed by atoms with Crippen LogP contribution in [-0.4, -0.2) is 57.5 Å². The highest BCUT2D eigenvalue weighted by molar-refractivity contribution is 7.90. The van der Waals surface area contributed by atoms with Gasteiger partial charge in [0.2, 0.25) is 0 Å². The number of hydrogen-bond donors (Lipinski definition) is 1. The van der Waals surface area contributed by atoms with Crippen LogP contribution in [-0.2, 0) is 9.84 Å². The molecule has 0 rings (SSSR count). The smallest absolute Gasteiger partial charge is 0.147 e. The molecule has 0 radical (unpaired) electrons. The zero-order valence-electron chi connectivity index (χ0n) is 12.1. The summed E-state index contributed by atoms with van der Waals surface area (Å²) in [5, 5.41) is 3.46. The summed E-state index contributed by atoms with van der Waals surface area (Å²) < 4.78 is 22.5. The molecule has 1 N–H and O–H groups in total. The molecule has 0 saturated carbocycles. The number of nitrogens with zero attached hydrogens (tertiary/aromatic N) is 1. The second-order valence-corrected chi connectivity index (χ2v) is 7.73. The molecule has 0 spiro atoms. The molecular formula is C12H28N2O2S. The second-order valence-electron chi connectivity index (χ2n) is 5.47. The zero-order valence-corrected chi connectivity index (χ0v) is 12.9. The topological polar surface area (TPSA) is 49.4 Å².